The van der Waals surface area contributed by atoms with E-state index in [0.717, 1.165) is 0 Å². The molecule has 0 unspecified atom stereocenters. The van der Waals surface area contributed by atoms with Crippen molar-refractivity contribution in [3.63, 3.8) is 0 Å². The number of carbonyl (C=O) groups excluding carboxylic acids is 3. The lowest BCUT2D eigenvalue weighted by Crippen LogP contribution is -2.50. The molecule has 4 N–H and O–H groups in total. The number of nitrogens with zero attached hydrogens (tertiary/aromatic N) is 3. The van der Waals surface area contributed by atoms with Gasteiger partial charge in [-0.3, -0.25) is 4.79 Å². The summed E-state index contributed by atoms with van der Waals surface area (Å²) in [6.45, 7) is 7.43. The molecule has 12 heteroatoms. The van der Waals surface area contributed by atoms with Gasteiger partial charge < -0.3 is 40.1 Å². The molecule has 5 amide bonds. The molecule has 3 atom stereocenters. The molecule has 0 bridgehead atoms. The number of aryl methyl sites for hydroxylation is 2. The van der Waals surface area contributed by atoms with Crippen LogP contribution in [0.4, 0.5) is 26.7 Å². The third-order valence-corrected chi connectivity index (χ3v) is 7.02. The van der Waals surface area contributed by atoms with Gasteiger partial charge in [-0.25, -0.2) is 9.59 Å². The maximum Gasteiger partial charge on any atom is 0.323 e. The van der Waals surface area contributed by atoms with Crippen LogP contribution in [0.2, 0.25) is 0 Å². The molecule has 1 aromatic heterocycles. The van der Waals surface area contributed by atoms with Crippen LogP contribution in [-0.4, -0.2) is 76.9 Å². The monoisotopic (exact) mass is 564 g/mol. The summed E-state index contributed by atoms with van der Waals surface area (Å²) >= 11 is 0. The maximum atomic E-state index is 13.7. The number of fused-ring (bicyclic) bond motifs is 1. The van der Waals surface area contributed by atoms with Crippen molar-refractivity contribution >= 4 is 35.0 Å². The van der Waals surface area contributed by atoms with Gasteiger partial charge in [-0.15, -0.1) is 0 Å². The van der Waals surface area contributed by atoms with E-state index in [-0.39, 0.29) is 43.1 Å². The third-order valence-electron chi connectivity index (χ3n) is 7.02. The number of hydrogen-bond donors (Lipinski definition) is 4. The van der Waals surface area contributed by atoms with Crippen LogP contribution in [0.1, 0.15) is 35.7 Å². The second kappa shape index (κ2) is 12.7. The summed E-state index contributed by atoms with van der Waals surface area (Å²) in [5, 5.41) is 22.1. The Morgan fingerprint density at radius 3 is 2.49 bits per heavy atom. The maximum absolute atomic E-state index is 13.7. The number of anilines is 3. The molecule has 2 heterocycles. The van der Waals surface area contributed by atoms with Gasteiger partial charge in [0.25, 0.3) is 5.91 Å². The standard InChI is InChI=1S/C29H36N6O6/c1-17-14-35(18(2)16-36)27(37)23-13-22(31-28(38)30-21-9-7-6-8-10-21)11-12-24(23)40-25(17)15-34(5)29(39)32-26-19(3)33-41-20(26)4/h6-13,17-18,25,36H,14-16H2,1-5H3,(H,32,39)(H2,30,31,38)/t17-,18+,25-/m0/s1. The number of aliphatic hydroxyl groups excluding tert-OH is 1. The second-order valence-electron chi connectivity index (χ2n) is 10.3. The molecule has 0 spiro atoms. The number of nitrogens with one attached hydrogen (secondary N) is 3. The quantitative estimate of drug-likeness (QED) is 0.334. The van der Waals surface area contributed by atoms with E-state index < -0.39 is 18.2 Å². The van der Waals surface area contributed by atoms with Crippen molar-refractivity contribution in [2.24, 2.45) is 5.92 Å². The zero-order valence-corrected chi connectivity index (χ0v) is 23.8. The Labute approximate surface area is 238 Å². The molecular weight excluding hydrogens is 528 g/mol. The van der Waals surface area contributed by atoms with E-state index in [4.69, 9.17) is 9.26 Å². The summed E-state index contributed by atoms with van der Waals surface area (Å²) in [6.07, 6.45) is -0.490. The van der Waals surface area contributed by atoms with Crippen LogP contribution in [0.15, 0.2) is 53.1 Å². The molecule has 0 aliphatic carbocycles. The molecule has 12 nitrogen and oxygen atoms in total. The van der Waals surface area contributed by atoms with Gasteiger partial charge in [-0.2, -0.15) is 0 Å². The number of para-hydroxylation sites is 1. The zero-order chi connectivity index (χ0) is 29.7. The highest BCUT2D eigenvalue weighted by molar-refractivity contribution is 6.02. The number of urea groups is 2. The van der Waals surface area contributed by atoms with Crippen LogP contribution in [0.3, 0.4) is 0 Å². The molecule has 2 aromatic carbocycles. The van der Waals surface area contributed by atoms with E-state index in [0.29, 0.717) is 34.3 Å². The fourth-order valence-electron chi connectivity index (χ4n) is 4.55. The van der Waals surface area contributed by atoms with Gasteiger partial charge in [0.05, 0.1) is 24.8 Å². The number of hydrogen-bond acceptors (Lipinski definition) is 7. The Hall–Kier alpha value is -4.58. The molecule has 0 fully saturated rings. The van der Waals surface area contributed by atoms with E-state index in [1.165, 1.54) is 4.90 Å². The van der Waals surface area contributed by atoms with Crippen molar-refractivity contribution in [1.29, 1.82) is 0 Å². The van der Waals surface area contributed by atoms with Crippen LogP contribution in [0, 0.1) is 19.8 Å². The van der Waals surface area contributed by atoms with Crippen molar-refractivity contribution in [3.8, 4) is 5.75 Å². The van der Waals surface area contributed by atoms with Crippen LogP contribution < -0.4 is 20.7 Å². The smallest absolute Gasteiger partial charge is 0.323 e. The first-order chi connectivity index (χ1) is 19.6. The van der Waals surface area contributed by atoms with E-state index >= 15 is 0 Å². The Balaban J connectivity index is 1.56. The fourth-order valence-corrected chi connectivity index (χ4v) is 4.55. The summed E-state index contributed by atoms with van der Waals surface area (Å²) in [4.78, 5) is 42.3. The van der Waals surface area contributed by atoms with Crippen LogP contribution >= 0.6 is 0 Å². The average molecular weight is 565 g/mol. The van der Waals surface area contributed by atoms with Gasteiger partial charge in [0.2, 0.25) is 0 Å². The highest BCUT2D eigenvalue weighted by Gasteiger charge is 2.34. The number of aliphatic hydroxyl groups is 1. The van der Waals surface area contributed by atoms with Gasteiger partial charge in [0.15, 0.2) is 5.76 Å². The van der Waals surface area contributed by atoms with Crippen molar-refractivity contribution in [1.82, 2.24) is 15.0 Å². The van der Waals surface area contributed by atoms with E-state index in [1.807, 2.05) is 25.1 Å². The highest BCUT2D eigenvalue weighted by Crippen LogP contribution is 2.31. The number of ether oxygens (including phenoxy) is 1. The van der Waals surface area contributed by atoms with Crippen molar-refractivity contribution < 1.29 is 28.8 Å². The first kappa shape index (κ1) is 29.4. The lowest BCUT2D eigenvalue weighted by molar-refractivity contribution is 0.0371. The molecule has 3 aromatic rings. The summed E-state index contributed by atoms with van der Waals surface area (Å²) in [5.74, 6) is 0.298. The van der Waals surface area contributed by atoms with Crippen LogP contribution in [-0.2, 0) is 0 Å². The summed E-state index contributed by atoms with van der Waals surface area (Å²) in [6, 6.07) is 12.5. The van der Waals surface area contributed by atoms with E-state index in [1.54, 1.807) is 63.1 Å². The molecule has 1 aliphatic rings. The first-order valence-corrected chi connectivity index (χ1v) is 13.4. The fraction of sp³-hybridized carbons (Fsp3) is 0.379. The molecular formula is C29H36N6O6. The van der Waals surface area contributed by atoms with Crippen molar-refractivity contribution in [2.75, 3.05) is 42.7 Å². The van der Waals surface area contributed by atoms with Gasteiger partial charge in [-0.05, 0) is 51.1 Å². The number of likely N-dealkylation sites (N-methyl/N-ethyl adjacent to an activating group) is 1. The second-order valence-corrected chi connectivity index (χ2v) is 10.3. The minimum absolute atomic E-state index is 0.190. The van der Waals surface area contributed by atoms with Gasteiger partial charge in [0.1, 0.15) is 23.2 Å². The molecule has 0 saturated heterocycles. The lowest BCUT2D eigenvalue weighted by Gasteiger charge is -2.38. The summed E-state index contributed by atoms with van der Waals surface area (Å²) in [7, 11) is 1.65. The van der Waals surface area contributed by atoms with Gasteiger partial charge in [0, 0.05) is 30.9 Å². The Kier molecular flexibility index (Phi) is 9.13. The third kappa shape index (κ3) is 6.95. The molecule has 4 rings (SSSR count). The van der Waals surface area contributed by atoms with Gasteiger partial charge in [-0.1, -0.05) is 30.3 Å². The molecule has 0 radical (unpaired) electrons. The van der Waals surface area contributed by atoms with E-state index in [9.17, 15) is 19.5 Å². The SMILES string of the molecule is Cc1noc(C)c1NC(=O)N(C)C[C@@H]1Oc2ccc(NC(=O)Nc3ccccc3)cc2C(=O)N([C@H](C)CO)C[C@@H]1C. The highest BCUT2D eigenvalue weighted by atomic mass is 16.5. The first-order valence-electron chi connectivity index (χ1n) is 13.4. The number of rotatable bonds is 7. The average Bonchev–Trinajstić information content (AvgIpc) is 3.27. The van der Waals surface area contributed by atoms with Crippen LogP contribution in [0.5, 0.6) is 5.75 Å². The molecule has 0 saturated carbocycles. The number of aromatic nitrogens is 1. The van der Waals surface area contributed by atoms with Crippen LogP contribution in [0.25, 0.3) is 0 Å². The Bertz CT molecular complexity index is 1370. The molecule has 1 aliphatic heterocycles. The van der Waals surface area contributed by atoms with E-state index in [2.05, 4.69) is 21.1 Å². The Morgan fingerprint density at radius 1 is 1.12 bits per heavy atom. The lowest BCUT2D eigenvalue weighted by atomic mass is 9.99. The summed E-state index contributed by atoms with van der Waals surface area (Å²) < 4.78 is 11.5. The summed E-state index contributed by atoms with van der Waals surface area (Å²) in [5.41, 5.74) is 2.35. The molecule has 218 valence electrons. The number of carbonyl (C=O) groups is 3. The van der Waals surface area contributed by atoms with Crippen molar-refractivity contribution in [3.05, 3.63) is 65.5 Å². The van der Waals surface area contributed by atoms with Crippen molar-refractivity contribution in [2.45, 2.75) is 39.8 Å². The topological polar surface area (TPSA) is 149 Å². The predicted molar refractivity (Wildman–Crippen MR) is 154 cm³/mol. The minimum Gasteiger partial charge on any atom is -0.487 e. The zero-order valence-electron chi connectivity index (χ0n) is 23.8. The number of benzene rings is 2. The minimum atomic E-state index is -0.490. The largest absolute Gasteiger partial charge is 0.487 e. The Morgan fingerprint density at radius 2 is 1.83 bits per heavy atom. The van der Waals surface area contributed by atoms with Gasteiger partial charge >= 0.3 is 12.1 Å². The molecule has 41 heavy (non-hydrogen) atoms. The normalized spacial score (nSPS) is 17.4. The predicted octanol–water partition coefficient (Wildman–Crippen LogP) is 4.32. The number of amides is 5.